The van der Waals surface area contributed by atoms with Crippen molar-refractivity contribution < 1.29 is 23.1 Å². The Morgan fingerprint density at radius 1 is 1.15 bits per heavy atom. The van der Waals surface area contributed by atoms with Crippen LogP contribution in [-0.2, 0) is 14.8 Å². The highest BCUT2D eigenvalue weighted by atomic mass is 32.2. The number of benzene rings is 1. The Hall–Kier alpha value is -1.93. The highest BCUT2D eigenvalue weighted by molar-refractivity contribution is 7.89. The molecule has 1 saturated heterocycles. The van der Waals surface area contributed by atoms with Crippen molar-refractivity contribution in [2.75, 3.05) is 13.1 Å². The van der Waals surface area contributed by atoms with E-state index < -0.39 is 16.0 Å². The number of amides is 1. The van der Waals surface area contributed by atoms with Crippen molar-refractivity contribution in [3.63, 3.8) is 0 Å². The van der Waals surface area contributed by atoms with Crippen LogP contribution >= 0.6 is 0 Å². The number of carbonyl (C=O) groups excluding carboxylic acids is 1. The van der Waals surface area contributed by atoms with Gasteiger partial charge in [0.1, 0.15) is 0 Å². The normalized spacial score (nSPS) is 17.8. The first-order valence-electron chi connectivity index (χ1n) is 8.77. The molecule has 26 heavy (non-hydrogen) atoms. The van der Waals surface area contributed by atoms with Gasteiger partial charge in [0.05, 0.1) is 10.5 Å². The molecule has 144 valence electrons. The first-order valence-corrected chi connectivity index (χ1v) is 10.2. The second-order valence-corrected chi connectivity index (χ2v) is 8.93. The molecule has 0 aliphatic carbocycles. The van der Waals surface area contributed by atoms with Crippen LogP contribution in [0.25, 0.3) is 0 Å². The number of carbonyl (C=O) groups is 2. The van der Waals surface area contributed by atoms with Crippen LogP contribution in [0.15, 0.2) is 29.2 Å². The van der Waals surface area contributed by atoms with Crippen LogP contribution in [0.1, 0.15) is 44.0 Å². The second kappa shape index (κ2) is 8.18. The lowest BCUT2D eigenvalue weighted by molar-refractivity contribution is -0.127. The molecule has 1 aromatic rings. The smallest absolute Gasteiger partial charge is 0.337 e. The second-order valence-electron chi connectivity index (χ2n) is 7.02. The van der Waals surface area contributed by atoms with Crippen LogP contribution in [0.4, 0.5) is 0 Å². The quantitative estimate of drug-likeness (QED) is 0.783. The van der Waals surface area contributed by atoms with Gasteiger partial charge in [-0.25, -0.2) is 13.2 Å². The fourth-order valence-corrected chi connectivity index (χ4v) is 4.53. The minimum Gasteiger partial charge on any atom is -0.478 e. The summed E-state index contributed by atoms with van der Waals surface area (Å²) in [7, 11) is -3.90. The van der Waals surface area contributed by atoms with Crippen molar-refractivity contribution >= 4 is 21.9 Å². The molecule has 1 fully saturated rings. The predicted molar refractivity (Wildman–Crippen MR) is 97.3 cm³/mol. The van der Waals surface area contributed by atoms with Gasteiger partial charge in [0.2, 0.25) is 15.9 Å². The van der Waals surface area contributed by atoms with E-state index in [1.807, 2.05) is 20.8 Å². The molecular weight excluding hydrogens is 356 g/mol. The molecule has 0 radical (unpaired) electrons. The average Bonchev–Trinajstić information content (AvgIpc) is 2.61. The molecule has 0 saturated carbocycles. The molecule has 0 bridgehead atoms. The van der Waals surface area contributed by atoms with E-state index in [1.54, 1.807) is 0 Å². The monoisotopic (exact) mass is 382 g/mol. The number of nitrogens with zero attached hydrogens (tertiary/aromatic N) is 1. The SMILES string of the molecule is CC(C)C(C)NC(=O)C1CCN(S(=O)(=O)c2ccccc2C(=O)O)CC1. The van der Waals surface area contributed by atoms with Crippen LogP contribution in [0.2, 0.25) is 0 Å². The van der Waals surface area contributed by atoms with Crippen LogP contribution in [0.3, 0.4) is 0 Å². The largest absolute Gasteiger partial charge is 0.478 e. The summed E-state index contributed by atoms with van der Waals surface area (Å²) >= 11 is 0. The first-order chi connectivity index (χ1) is 12.1. The van der Waals surface area contributed by atoms with E-state index in [-0.39, 0.29) is 41.4 Å². The highest BCUT2D eigenvalue weighted by Crippen LogP contribution is 2.26. The maximum Gasteiger partial charge on any atom is 0.337 e. The van der Waals surface area contributed by atoms with Gasteiger partial charge in [0.15, 0.2) is 0 Å². The molecular formula is C18H26N2O5S. The third-order valence-corrected chi connectivity index (χ3v) is 6.89. The molecule has 1 aromatic carbocycles. The Bertz CT molecular complexity index is 768. The van der Waals surface area contributed by atoms with Crippen molar-refractivity contribution in [1.82, 2.24) is 9.62 Å². The Labute approximate surface area is 154 Å². The zero-order valence-electron chi connectivity index (χ0n) is 15.3. The van der Waals surface area contributed by atoms with Crippen LogP contribution < -0.4 is 5.32 Å². The van der Waals surface area contributed by atoms with E-state index in [0.29, 0.717) is 18.8 Å². The van der Waals surface area contributed by atoms with Gasteiger partial charge < -0.3 is 10.4 Å². The van der Waals surface area contributed by atoms with Crippen molar-refractivity contribution in [2.24, 2.45) is 11.8 Å². The number of rotatable bonds is 6. The number of piperidine rings is 1. The van der Waals surface area contributed by atoms with Crippen molar-refractivity contribution in [3.05, 3.63) is 29.8 Å². The first kappa shape index (κ1) is 20.4. The molecule has 7 nitrogen and oxygen atoms in total. The fourth-order valence-electron chi connectivity index (χ4n) is 2.87. The van der Waals surface area contributed by atoms with Gasteiger partial charge >= 0.3 is 5.97 Å². The molecule has 0 aromatic heterocycles. The van der Waals surface area contributed by atoms with E-state index in [1.165, 1.54) is 28.6 Å². The zero-order chi connectivity index (χ0) is 19.5. The summed E-state index contributed by atoms with van der Waals surface area (Å²) in [5, 5.41) is 12.2. The van der Waals surface area contributed by atoms with E-state index in [4.69, 9.17) is 0 Å². The molecule has 1 unspecified atom stereocenters. The zero-order valence-corrected chi connectivity index (χ0v) is 16.1. The Kier molecular flexibility index (Phi) is 6.41. The summed E-state index contributed by atoms with van der Waals surface area (Å²) in [4.78, 5) is 23.4. The van der Waals surface area contributed by atoms with Gasteiger partial charge in [-0.1, -0.05) is 26.0 Å². The number of hydrogen-bond donors (Lipinski definition) is 2. The maximum absolute atomic E-state index is 12.8. The third kappa shape index (κ3) is 4.42. The summed E-state index contributed by atoms with van der Waals surface area (Å²) in [6.45, 7) is 6.40. The number of aromatic carboxylic acids is 1. The van der Waals surface area contributed by atoms with E-state index in [0.717, 1.165) is 0 Å². The molecule has 1 heterocycles. The Morgan fingerprint density at radius 2 is 1.73 bits per heavy atom. The van der Waals surface area contributed by atoms with Gasteiger partial charge in [-0.2, -0.15) is 4.31 Å². The van der Waals surface area contributed by atoms with Crippen LogP contribution in [-0.4, -0.2) is 48.8 Å². The van der Waals surface area contributed by atoms with Gasteiger partial charge in [0, 0.05) is 25.0 Å². The maximum atomic E-state index is 12.8. The number of carboxylic acids is 1. The van der Waals surface area contributed by atoms with E-state index in [9.17, 15) is 23.1 Å². The molecule has 1 atom stereocenters. The van der Waals surface area contributed by atoms with Gasteiger partial charge in [0.25, 0.3) is 0 Å². The van der Waals surface area contributed by atoms with Crippen molar-refractivity contribution in [2.45, 2.75) is 44.6 Å². The van der Waals surface area contributed by atoms with E-state index in [2.05, 4.69) is 5.32 Å². The number of nitrogens with one attached hydrogen (secondary N) is 1. The van der Waals surface area contributed by atoms with E-state index >= 15 is 0 Å². The lowest BCUT2D eigenvalue weighted by atomic mass is 9.96. The standard InChI is InChI=1S/C18H26N2O5S/c1-12(2)13(3)19-17(21)14-8-10-20(11-9-14)26(24,25)16-7-5-4-6-15(16)18(22)23/h4-7,12-14H,8-11H2,1-3H3,(H,19,21)(H,22,23). The molecule has 1 aliphatic rings. The van der Waals surface area contributed by atoms with Crippen molar-refractivity contribution in [3.8, 4) is 0 Å². The summed E-state index contributed by atoms with van der Waals surface area (Å²) in [5.41, 5.74) is -0.238. The molecule has 1 amide bonds. The predicted octanol–water partition coefficient (Wildman–Crippen LogP) is 1.95. The lowest BCUT2D eigenvalue weighted by Gasteiger charge is -2.31. The van der Waals surface area contributed by atoms with Gasteiger partial charge in [-0.15, -0.1) is 0 Å². The summed E-state index contributed by atoms with van der Waals surface area (Å²) in [6, 6.07) is 5.65. The molecule has 0 spiro atoms. The summed E-state index contributed by atoms with van der Waals surface area (Å²) in [6.07, 6.45) is 0.843. The summed E-state index contributed by atoms with van der Waals surface area (Å²) in [5.74, 6) is -1.22. The third-order valence-electron chi connectivity index (χ3n) is 4.93. The highest BCUT2D eigenvalue weighted by Gasteiger charge is 2.34. The molecule has 2 N–H and O–H groups in total. The number of hydrogen-bond acceptors (Lipinski definition) is 4. The van der Waals surface area contributed by atoms with Gasteiger partial charge in [-0.05, 0) is 37.8 Å². The minimum atomic E-state index is -3.90. The lowest BCUT2D eigenvalue weighted by Crippen LogP contribution is -2.45. The average molecular weight is 382 g/mol. The topological polar surface area (TPSA) is 104 Å². The number of carboxylic acid groups (broad SMARTS) is 1. The Morgan fingerprint density at radius 3 is 2.27 bits per heavy atom. The summed E-state index contributed by atoms with van der Waals surface area (Å²) < 4.78 is 26.9. The minimum absolute atomic E-state index is 0.0471. The van der Waals surface area contributed by atoms with Crippen LogP contribution in [0.5, 0.6) is 0 Å². The molecule has 2 rings (SSSR count). The van der Waals surface area contributed by atoms with Gasteiger partial charge in [-0.3, -0.25) is 4.79 Å². The van der Waals surface area contributed by atoms with Crippen LogP contribution in [0, 0.1) is 11.8 Å². The number of sulfonamides is 1. The molecule has 8 heteroatoms. The fraction of sp³-hybridized carbons (Fsp3) is 0.556. The van der Waals surface area contributed by atoms with Crippen molar-refractivity contribution in [1.29, 1.82) is 0 Å². The Balaban J connectivity index is 2.08. The molecule has 1 aliphatic heterocycles.